The lowest BCUT2D eigenvalue weighted by Gasteiger charge is -2.25. The first kappa shape index (κ1) is 17.2. The molecular formula is C13H22ClN3O2S. The SMILES string of the molecule is CC(C)CN(CC(C)C)S(=O)(=O)c1cnc(N)c(Cl)c1. The van der Waals surface area contributed by atoms with Crippen LogP contribution in [0.15, 0.2) is 17.2 Å². The number of nitrogens with two attached hydrogens (primary N) is 1. The maximum Gasteiger partial charge on any atom is 0.244 e. The minimum atomic E-state index is -3.60. The van der Waals surface area contributed by atoms with Crippen LogP contribution in [0.1, 0.15) is 27.7 Å². The van der Waals surface area contributed by atoms with Crippen LogP contribution in [0.5, 0.6) is 0 Å². The van der Waals surface area contributed by atoms with E-state index in [1.165, 1.54) is 16.6 Å². The van der Waals surface area contributed by atoms with E-state index in [0.29, 0.717) is 13.1 Å². The first-order valence-electron chi connectivity index (χ1n) is 6.55. The van der Waals surface area contributed by atoms with E-state index in [9.17, 15) is 8.42 Å². The zero-order valence-electron chi connectivity index (χ0n) is 12.3. The molecule has 0 atom stereocenters. The van der Waals surface area contributed by atoms with Gasteiger partial charge in [-0.15, -0.1) is 0 Å². The molecule has 0 unspecified atom stereocenters. The number of hydrogen-bond donors (Lipinski definition) is 1. The van der Waals surface area contributed by atoms with Gasteiger partial charge in [0.25, 0.3) is 0 Å². The summed E-state index contributed by atoms with van der Waals surface area (Å²) in [6.07, 6.45) is 1.25. The highest BCUT2D eigenvalue weighted by molar-refractivity contribution is 7.89. The van der Waals surface area contributed by atoms with E-state index in [1.54, 1.807) is 0 Å². The van der Waals surface area contributed by atoms with Gasteiger partial charge < -0.3 is 5.73 Å². The van der Waals surface area contributed by atoms with Gasteiger partial charge in [-0.25, -0.2) is 13.4 Å². The number of hydrogen-bond acceptors (Lipinski definition) is 4. The molecule has 114 valence electrons. The quantitative estimate of drug-likeness (QED) is 0.874. The summed E-state index contributed by atoms with van der Waals surface area (Å²) in [5.74, 6) is 0.603. The van der Waals surface area contributed by atoms with E-state index < -0.39 is 10.0 Å². The molecule has 1 heterocycles. The molecule has 0 saturated carbocycles. The Hall–Kier alpha value is -0.850. The Bertz CT molecular complexity index is 549. The van der Waals surface area contributed by atoms with Crippen LogP contribution in [0.25, 0.3) is 0 Å². The largest absolute Gasteiger partial charge is 0.382 e. The average Bonchev–Trinajstić information content (AvgIpc) is 2.30. The van der Waals surface area contributed by atoms with Gasteiger partial charge in [0.05, 0.1) is 5.02 Å². The third-order valence-corrected chi connectivity index (χ3v) is 4.72. The maximum atomic E-state index is 12.7. The van der Waals surface area contributed by atoms with Crippen molar-refractivity contribution >= 4 is 27.4 Å². The summed E-state index contributed by atoms with van der Waals surface area (Å²) >= 11 is 5.87. The van der Waals surface area contributed by atoms with Crippen LogP contribution in [-0.4, -0.2) is 30.8 Å². The van der Waals surface area contributed by atoms with Gasteiger partial charge in [0, 0.05) is 19.3 Å². The monoisotopic (exact) mass is 319 g/mol. The minimum absolute atomic E-state index is 0.0815. The Morgan fingerprint density at radius 1 is 1.25 bits per heavy atom. The number of rotatable bonds is 6. The van der Waals surface area contributed by atoms with Crippen LogP contribution in [0.4, 0.5) is 5.82 Å². The van der Waals surface area contributed by atoms with Crippen LogP contribution in [0, 0.1) is 11.8 Å². The van der Waals surface area contributed by atoms with Gasteiger partial charge in [0.1, 0.15) is 10.7 Å². The molecule has 0 fully saturated rings. The molecule has 0 spiro atoms. The van der Waals surface area contributed by atoms with Crippen LogP contribution >= 0.6 is 11.6 Å². The number of anilines is 1. The highest BCUT2D eigenvalue weighted by Gasteiger charge is 2.26. The van der Waals surface area contributed by atoms with Gasteiger partial charge in [0.15, 0.2) is 0 Å². The van der Waals surface area contributed by atoms with Crippen molar-refractivity contribution in [2.75, 3.05) is 18.8 Å². The van der Waals surface area contributed by atoms with Crippen molar-refractivity contribution < 1.29 is 8.42 Å². The Balaban J connectivity index is 3.17. The van der Waals surface area contributed by atoms with Crippen LogP contribution < -0.4 is 5.73 Å². The molecule has 0 aliphatic rings. The highest BCUT2D eigenvalue weighted by atomic mass is 35.5. The maximum absolute atomic E-state index is 12.7. The van der Waals surface area contributed by atoms with E-state index in [0.717, 1.165) is 0 Å². The number of nitrogen functional groups attached to an aromatic ring is 1. The zero-order chi connectivity index (χ0) is 15.5. The molecule has 2 N–H and O–H groups in total. The highest BCUT2D eigenvalue weighted by Crippen LogP contribution is 2.23. The lowest BCUT2D eigenvalue weighted by atomic mass is 10.2. The Morgan fingerprint density at radius 2 is 1.75 bits per heavy atom. The second kappa shape index (κ2) is 6.74. The standard InChI is InChI=1S/C13H22ClN3O2S/c1-9(2)7-17(8-10(3)4)20(18,19)11-5-12(14)13(15)16-6-11/h5-6,9-10H,7-8H2,1-4H3,(H2,15,16). The lowest BCUT2D eigenvalue weighted by Crippen LogP contribution is -2.37. The van der Waals surface area contributed by atoms with Crippen LogP contribution in [0.2, 0.25) is 5.02 Å². The smallest absolute Gasteiger partial charge is 0.244 e. The third-order valence-electron chi connectivity index (χ3n) is 2.62. The third kappa shape index (κ3) is 4.33. The first-order chi connectivity index (χ1) is 9.14. The normalized spacial score (nSPS) is 12.6. The molecule has 5 nitrogen and oxygen atoms in total. The predicted molar refractivity (Wildman–Crippen MR) is 82.1 cm³/mol. The average molecular weight is 320 g/mol. The van der Waals surface area contributed by atoms with E-state index in [4.69, 9.17) is 17.3 Å². The summed E-state index contributed by atoms with van der Waals surface area (Å²) < 4.78 is 26.8. The molecule has 1 aromatic rings. The molecule has 1 aromatic heterocycles. The fourth-order valence-electron chi connectivity index (χ4n) is 1.81. The fourth-order valence-corrected chi connectivity index (χ4v) is 3.78. The number of sulfonamides is 1. The zero-order valence-corrected chi connectivity index (χ0v) is 13.9. The van der Waals surface area contributed by atoms with Crippen molar-refractivity contribution in [3.63, 3.8) is 0 Å². The molecule has 0 saturated heterocycles. The summed E-state index contributed by atoms with van der Waals surface area (Å²) in [4.78, 5) is 3.91. The number of pyridine rings is 1. The molecule has 0 aliphatic carbocycles. The van der Waals surface area contributed by atoms with Gasteiger partial charge in [-0.1, -0.05) is 39.3 Å². The van der Waals surface area contributed by atoms with E-state index in [-0.39, 0.29) is 27.6 Å². The van der Waals surface area contributed by atoms with Crippen molar-refractivity contribution in [2.24, 2.45) is 11.8 Å². The summed E-state index contributed by atoms with van der Waals surface area (Å²) in [6.45, 7) is 8.85. The Kier molecular flexibility index (Phi) is 5.79. The Labute approximate surface area is 126 Å². The Morgan fingerprint density at radius 3 is 2.15 bits per heavy atom. The summed E-state index contributed by atoms with van der Waals surface area (Å²) in [6, 6.07) is 1.35. The second-order valence-electron chi connectivity index (χ2n) is 5.65. The van der Waals surface area contributed by atoms with E-state index >= 15 is 0 Å². The number of nitrogens with zero attached hydrogens (tertiary/aromatic N) is 2. The first-order valence-corrected chi connectivity index (χ1v) is 8.37. The van der Waals surface area contributed by atoms with Crippen molar-refractivity contribution in [1.82, 2.24) is 9.29 Å². The van der Waals surface area contributed by atoms with Gasteiger partial charge >= 0.3 is 0 Å². The minimum Gasteiger partial charge on any atom is -0.382 e. The molecule has 0 aromatic carbocycles. The topological polar surface area (TPSA) is 76.3 Å². The molecule has 0 amide bonds. The summed E-state index contributed by atoms with van der Waals surface area (Å²) in [5.41, 5.74) is 5.52. The predicted octanol–water partition coefficient (Wildman–Crippen LogP) is 2.62. The summed E-state index contributed by atoms with van der Waals surface area (Å²) in [5, 5.41) is 0.153. The van der Waals surface area contributed by atoms with Gasteiger partial charge in [-0.2, -0.15) is 4.31 Å². The molecular weight excluding hydrogens is 298 g/mol. The van der Waals surface area contributed by atoms with Crippen LogP contribution in [-0.2, 0) is 10.0 Å². The molecule has 0 aliphatic heterocycles. The second-order valence-corrected chi connectivity index (χ2v) is 7.99. The molecule has 1 rings (SSSR count). The lowest BCUT2D eigenvalue weighted by molar-refractivity contribution is 0.333. The van der Waals surface area contributed by atoms with Crippen molar-refractivity contribution in [2.45, 2.75) is 32.6 Å². The van der Waals surface area contributed by atoms with Crippen molar-refractivity contribution in [1.29, 1.82) is 0 Å². The molecule has 0 bridgehead atoms. The fraction of sp³-hybridized carbons (Fsp3) is 0.615. The van der Waals surface area contributed by atoms with Crippen LogP contribution in [0.3, 0.4) is 0 Å². The summed E-state index contributed by atoms with van der Waals surface area (Å²) in [7, 11) is -3.60. The molecule has 7 heteroatoms. The van der Waals surface area contributed by atoms with E-state index in [2.05, 4.69) is 4.98 Å². The molecule has 0 radical (unpaired) electrons. The van der Waals surface area contributed by atoms with Crippen molar-refractivity contribution in [3.8, 4) is 0 Å². The van der Waals surface area contributed by atoms with E-state index in [1.807, 2.05) is 27.7 Å². The number of halogens is 1. The number of aromatic nitrogens is 1. The molecule has 20 heavy (non-hydrogen) atoms. The van der Waals surface area contributed by atoms with Gasteiger partial charge in [-0.3, -0.25) is 0 Å². The van der Waals surface area contributed by atoms with Crippen molar-refractivity contribution in [3.05, 3.63) is 17.3 Å². The van der Waals surface area contributed by atoms with Gasteiger partial charge in [-0.05, 0) is 17.9 Å². The van der Waals surface area contributed by atoms with Gasteiger partial charge in [0.2, 0.25) is 10.0 Å².